The zero-order valence-electron chi connectivity index (χ0n) is 30.7. The third kappa shape index (κ3) is 14.3. The molecule has 0 amide bonds. The van der Waals surface area contributed by atoms with Crippen LogP contribution in [0, 0.1) is 0 Å². The zero-order valence-corrected chi connectivity index (χ0v) is 30.7. The van der Waals surface area contributed by atoms with Gasteiger partial charge in [-0.2, -0.15) is 0 Å². The molecule has 6 N–H and O–H groups in total. The predicted molar refractivity (Wildman–Crippen MR) is 215 cm³/mol. The molecule has 8 heteroatoms. The number of aromatic hydroxyl groups is 2. The van der Waals surface area contributed by atoms with E-state index in [-0.39, 0.29) is 37.6 Å². The van der Waals surface area contributed by atoms with Crippen LogP contribution in [0.25, 0.3) is 0 Å². The predicted octanol–water partition coefficient (Wildman–Crippen LogP) is 7.76. The third-order valence-corrected chi connectivity index (χ3v) is 8.63. The molecule has 6 aromatic carbocycles. The van der Waals surface area contributed by atoms with Crippen molar-refractivity contribution >= 4 is 11.9 Å². The van der Waals surface area contributed by atoms with Gasteiger partial charge in [-0.1, -0.05) is 146 Å². The van der Waals surface area contributed by atoms with Crippen LogP contribution in [0.15, 0.2) is 146 Å². The molecular formula is C47H48O8. The molecule has 284 valence electrons. The highest BCUT2D eigenvalue weighted by atomic mass is 16.4. The van der Waals surface area contributed by atoms with E-state index in [9.17, 15) is 19.8 Å². The summed E-state index contributed by atoms with van der Waals surface area (Å²) in [6, 6.07) is 46.6. The second-order valence-corrected chi connectivity index (χ2v) is 13.1. The summed E-state index contributed by atoms with van der Waals surface area (Å²) in [6.45, 7) is 0.188. The van der Waals surface area contributed by atoms with Crippen LogP contribution in [0.1, 0.15) is 62.1 Å². The maximum absolute atomic E-state index is 11.1. The van der Waals surface area contributed by atoms with Gasteiger partial charge in [-0.15, -0.1) is 0 Å². The molecule has 0 aliphatic heterocycles. The first-order valence-corrected chi connectivity index (χ1v) is 18.1. The van der Waals surface area contributed by atoms with Crippen molar-refractivity contribution < 1.29 is 40.2 Å². The Morgan fingerprint density at radius 2 is 0.618 bits per heavy atom. The lowest BCUT2D eigenvalue weighted by molar-refractivity contribution is -0.137. The van der Waals surface area contributed by atoms with Crippen LogP contribution < -0.4 is 0 Å². The van der Waals surface area contributed by atoms with Gasteiger partial charge in [0, 0.05) is 38.9 Å². The first-order chi connectivity index (χ1) is 26.6. The summed E-state index contributed by atoms with van der Waals surface area (Å²) in [5.74, 6) is -1.24. The van der Waals surface area contributed by atoms with Crippen LogP contribution >= 0.6 is 0 Å². The minimum absolute atomic E-state index is 0.0517. The lowest BCUT2D eigenvalue weighted by atomic mass is 9.94. The van der Waals surface area contributed by atoms with E-state index in [1.54, 1.807) is 24.3 Å². The Balaban J connectivity index is 0.000000218. The normalized spacial score (nSPS) is 10.4. The Morgan fingerprint density at radius 1 is 0.382 bits per heavy atom. The summed E-state index contributed by atoms with van der Waals surface area (Å²) in [7, 11) is 0. The van der Waals surface area contributed by atoms with Crippen molar-refractivity contribution in [3.8, 4) is 11.5 Å². The molecule has 6 aromatic rings. The number of hydrogen-bond donors (Lipinski definition) is 6. The molecular weight excluding hydrogens is 693 g/mol. The first kappa shape index (κ1) is 41.5. The molecule has 0 aliphatic rings. The van der Waals surface area contributed by atoms with Crippen LogP contribution in [0.4, 0.5) is 0 Å². The van der Waals surface area contributed by atoms with Gasteiger partial charge in [0.15, 0.2) is 0 Å². The van der Waals surface area contributed by atoms with Crippen molar-refractivity contribution in [3.05, 3.63) is 201 Å². The Morgan fingerprint density at radius 3 is 0.800 bits per heavy atom. The number of carboxylic acid groups (broad SMARTS) is 2. The Kier molecular flexibility index (Phi) is 16.7. The number of benzene rings is 6. The number of aliphatic hydroxyl groups excluding tert-OH is 2. The van der Waals surface area contributed by atoms with E-state index in [0.29, 0.717) is 43.2 Å². The van der Waals surface area contributed by atoms with Crippen molar-refractivity contribution in [2.75, 3.05) is 13.2 Å². The zero-order chi connectivity index (χ0) is 39.4. The van der Waals surface area contributed by atoms with Crippen molar-refractivity contribution in [1.82, 2.24) is 0 Å². The number of carboxylic acids is 2. The Hall–Kier alpha value is -6.22. The smallest absolute Gasteiger partial charge is 0.307 e. The largest absolute Gasteiger partial charge is 0.507 e. The number of carbonyl (C=O) groups is 2. The highest BCUT2D eigenvalue weighted by molar-refractivity contribution is 5.71. The second kappa shape index (κ2) is 22.1. The van der Waals surface area contributed by atoms with E-state index in [1.165, 1.54) is 0 Å². The molecule has 0 spiro atoms. The number of hydrogen-bond acceptors (Lipinski definition) is 6. The lowest BCUT2D eigenvalue weighted by Crippen LogP contribution is -2.03. The molecule has 0 unspecified atom stereocenters. The van der Waals surface area contributed by atoms with Gasteiger partial charge < -0.3 is 30.6 Å². The number of aliphatic carboxylic acids is 2. The van der Waals surface area contributed by atoms with Crippen LogP contribution in [-0.2, 0) is 48.1 Å². The summed E-state index contributed by atoms with van der Waals surface area (Å²) in [5, 5.41) is 55.5. The molecule has 6 rings (SSSR count). The molecule has 0 aromatic heterocycles. The van der Waals surface area contributed by atoms with Gasteiger partial charge in [0.05, 0.1) is 12.8 Å². The minimum Gasteiger partial charge on any atom is -0.507 e. The van der Waals surface area contributed by atoms with Crippen LogP contribution in [0.5, 0.6) is 11.5 Å². The molecule has 55 heavy (non-hydrogen) atoms. The molecule has 0 bridgehead atoms. The molecule has 0 saturated heterocycles. The molecule has 0 aliphatic carbocycles. The van der Waals surface area contributed by atoms with E-state index < -0.39 is 11.9 Å². The molecule has 0 radical (unpaired) electrons. The van der Waals surface area contributed by atoms with E-state index in [4.69, 9.17) is 20.4 Å². The first-order valence-electron chi connectivity index (χ1n) is 18.1. The van der Waals surface area contributed by atoms with Crippen LogP contribution in [0.3, 0.4) is 0 Å². The highest BCUT2D eigenvalue weighted by Gasteiger charge is 2.15. The third-order valence-electron chi connectivity index (χ3n) is 8.63. The van der Waals surface area contributed by atoms with E-state index >= 15 is 0 Å². The second-order valence-electron chi connectivity index (χ2n) is 13.1. The Bertz CT molecular complexity index is 1790. The average Bonchev–Trinajstić information content (AvgIpc) is 3.17. The fourth-order valence-electron chi connectivity index (χ4n) is 6.09. The summed E-state index contributed by atoms with van der Waals surface area (Å²) in [6.07, 6.45) is 2.68. The number of rotatable bonds is 14. The minimum atomic E-state index is -0.873. The average molecular weight is 741 g/mol. The Labute approximate surface area is 322 Å². The van der Waals surface area contributed by atoms with Crippen LogP contribution in [0.2, 0.25) is 0 Å². The SMILES string of the molecule is O=C(O)Cc1cc(Cc2ccccc2)c(O)c(Cc2ccccc2)c1.O=C(O)Cc1cc(Cc2ccccc2)c(O)c(Cc2ccccc2)c1.OCCCO. The lowest BCUT2D eigenvalue weighted by Gasteiger charge is -2.13. The molecule has 0 fully saturated rings. The van der Waals surface area contributed by atoms with E-state index in [0.717, 1.165) is 44.5 Å². The van der Waals surface area contributed by atoms with Gasteiger partial charge in [0.25, 0.3) is 0 Å². The highest BCUT2D eigenvalue weighted by Crippen LogP contribution is 2.31. The van der Waals surface area contributed by atoms with Gasteiger partial charge in [0.1, 0.15) is 11.5 Å². The van der Waals surface area contributed by atoms with Gasteiger partial charge in [-0.05, 0) is 62.1 Å². The standard InChI is InChI=1S/2C22H20O3.C3H8O2/c2*23-21(24)15-18-13-19(11-16-7-3-1-4-8-16)22(25)20(14-18)12-17-9-5-2-6-10-17;4-2-1-3-5/h2*1-10,13-14,25H,11-12,15H2,(H,23,24);4-5H,1-3H2. The number of aliphatic hydroxyl groups is 2. The summed E-state index contributed by atoms with van der Waals surface area (Å²) >= 11 is 0. The molecule has 8 nitrogen and oxygen atoms in total. The molecule has 0 saturated carbocycles. The monoisotopic (exact) mass is 740 g/mol. The van der Waals surface area contributed by atoms with Crippen LogP contribution in [-0.4, -0.2) is 55.8 Å². The molecule has 0 heterocycles. The van der Waals surface area contributed by atoms with Crippen molar-refractivity contribution in [2.24, 2.45) is 0 Å². The van der Waals surface area contributed by atoms with E-state index in [1.807, 2.05) is 121 Å². The quantitative estimate of drug-likeness (QED) is 0.0662. The van der Waals surface area contributed by atoms with Crippen molar-refractivity contribution in [1.29, 1.82) is 0 Å². The fraction of sp³-hybridized carbons (Fsp3) is 0.191. The topological polar surface area (TPSA) is 156 Å². The van der Waals surface area contributed by atoms with Gasteiger partial charge in [-0.3, -0.25) is 9.59 Å². The van der Waals surface area contributed by atoms with Gasteiger partial charge >= 0.3 is 11.9 Å². The van der Waals surface area contributed by atoms with Crippen molar-refractivity contribution in [3.63, 3.8) is 0 Å². The maximum Gasteiger partial charge on any atom is 0.307 e. The van der Waals surface area contributed by atoms with E-state index in [2.05, 4.69) is 0 Å². The van der Waals surface area contributed by atoms with Gasteiger partial charge in [0.2, 0.25) is 0 Å². The maximum atomic E-state index is 11.1. The number of phenolic OH excluding ortho intramolecular Hbond substituents is 2. The summed E-state index contributed by atoms with van der Waals surface area (Å²) in [4.78, 5) is 22.3. The fourth-order valence-corrected chi connectivity index (χ4v) is 6.09. The van der Waals surface area contributed by atoms with Crippen molar-refractivity contribution in [2.45, 2.75) is 44.9 Å². The van der Waals surface area contributed by atoms with Gasteiger partial charge in [-0.25, -0.2) is 0 Å². The number of phenols is 2. The summed E-state index contributed by atoms with van der Waals surface area (Å²) in [5.41, 5.74) is 8.78. The molecule has 0 atom stereocenters. The summed E-state index contributed by atoms with van der Waals surface area (Å²) < 4.78 is 0.